The molecule has 0 radical (unpaired) electrons. The molecule has 2 aromatic rings. The van der Waals surface area contributed by atoms with E-state index < -0.39 is 0 Å². The minimum Gasteiger partial charge on any atom is -0.487 e. The lowest BCUT2D eigenvalue weighted by Gasteiger charge is -2.36. The van der Waals surface area contributed by atoms with E-state index in [9.17, 15) is 4.79 Å². The number of nitrogens with zero attached hydrogens (tertiary/aromatic N) is 1. The van der Waals surface area contributed by atoms with Crippen molar-refractivity contribution in [2.75, 3.05) is 20.7 Å². The average molecular weight is 483 g/mol. The van der Waals surface area contributed by atoms with E-state index in [4.69, 9.17) is 9.47 Å². The summed E-state index contributed by atoms with van der Waals surface area (Å²) in [6.45, 7) is 7.37. The molecule has 35 heavy (non-hydrogen) atoms. The molecule has 0 aliphatic rings. The molecular formula is C31H48NO3+. The first-order valence-electron chi connectivity index (χ1n) is 13.6. The number of unbranched alkanes of at least 4 members (excludes halogenated alkanes) is 5. The van der Waals surface area contributed by atoms with Crippen molar-refractivity contribution in [1.82, 2.24) is 0 Å². The maximum Gasteiger partial charge on any atom is 0.365 e. The number of hydrogen-bond acceptors (Lipinski definition) is 3. The molecule has 2 aromatic carbocycles. The van der Waals surface area contributed by atoms with Crippen LogP contribution in [0.5, 0.6) is 5.75 Å². The number of carbonyl (C=O) groups is 1. The van der Waals surface area contributed by atoms with Gasteiger partial charge in [-0.3, -0.25) is 0 Å². The van der Waals surface area contributed by atoms with Crippen LogP contribution in [0.3, 0.4) is 0 Å². The van der Waals surface area contributed by atoms with E-state index in [-0.39, 0.29) is 24.7 Å². The molecule has 0 aliphatic heterocycles. The fourth-order valence-electron chi connectivity index (χ4n) is 4.60. The summed E-state index contributed by atoms with van der Waals surface area (Å²) in [7, 11) is 4.22. The zero-order valence-corrected chi connectivity index (χ0v) is 22.8. The molecule has 0 aromatic heterocycles. The third-order valence-corrected chi connectivity index (χ3v) is 6.65. The lowest BCUT2D eigenvalue weighted by molar-refractivity contribution is -0.920. The molecular weight excluding hydrogens is 434 g/mol. The largest absolute Gasteiger partial charge is 0.487 e. The molecule has 0 heterocycles. The molecule has 0 aliphatic carbocycles. The van der Waals surface area contributed by atoms with Crippen LogP contribution in [0.4, 0.5) is 0 Å². The van der Waals surface area contributed by atoms with E-state index in [1.165, 1.54) is 49.7 Å². The van der Waals surface area contributed by atoms with E-state index >= 15 is 0 Å². The van der Waals surface area contributed by atoms with E-state index in [0.29, 0.717) is 4.48 Å². The number of quaternary nitrogens is 1. The highest BCUT2D eigenvalue weighted by Crippen LogP contribution is 2.20. The van der Waals surface area contributed by atoms with Gasteiger partial charge in [0.05, 0.1) is 14.1 Å². The van der Waals surface area contributed by atoms with Gasteiger partial charge < -0.3 is 14.0 Å². The van der Waals surface area contributed by atoms with Gasteiger partial charge >= 0.3 is 5.97 Å². The van der Waals surface area contributed by atoms with Gasteiger partial charge in [0.2, 0.25) is 0 Å². The fraction of sp³-hybridized carbons (Fsp3) is 0.581. The van der Waals surface area contributed by atoms with Crippen LogP contribution in [0.1, 0.15) is 83.3 Å². The number of ether oxygens (including phenoxy) is 2. The van der Waals surface area contributed by atoms with Crippen molar-refractivity contribution in [3.63, 3.8) is 0 Å². The van der Waals surface area contributed by atoms with Gasteiger partial charge in [0.15, 0.2) is 6.04 Å². The summed E-state index contributed by atoms with van der Waals surface area (Å²) in [5, 5.41) is 0. The fourth-order valence-corrected chi connectivity index (χ4v) is 4.60. The molecule has 0 spiro atoms. The standard InChI is InChI=1S/C31H48NO3/c1-6-8-9-10-11-13-17-27-20-22-29(23-21-27)35-26(3)25-34-31(33)30(16-7-2)32(4,5)24-28-18-14-12-15-19-28/h12,14-15,18-23,26,30H,6-11,13,16-17,24-25H2,1-5H3/q+1. The first-order valence-corrected chi connectivity index (χ1v) is 13.6. The summed E-state index contributed by atoms with van der Waals surface area (Å²) < 4.78 is 12.4. The minimum absolute atomic E-state index is 0.141. The minimum atomic E-state index is -0.200. The Balaban J connectivity index is 1.80. The Hall–Kier alpha value is -2.33. The van der Waals surface area contributed by atoms with Crippen molar-refractivity contribution in [3.05, 3.63) is 65.7 Å². The van der Waals surface area contributed by atoms with E-state index in [0.717, 1.165) is 31.6 Å². The van der Waals surface area contributed by atoms with E-state index in [1.54, 1.807) is 0 Å². The highest BCUT2D eigenvalue weighted by atomic mass is 16.6. The second-order valence-electron chi connectivity index (χ2n) is 10.4. The van der Waals surface area contributed by atoms with Gasteiger partial charge in [0, 0.05) is 12.0 Å². The number of benzene rings is 2. The van der Waals surface area contributed by atoms with E-state index in [1.807, 2.05) is 37.3 Å². The highest BCUT2D eigenvalue weighted by Gasteiger charge is 2.36. The Morgan fingerprint density at radius 3 is 2.14 bits per heavy atom. The summed E-state index contributed by atoms with van der Waals surface area (Å²) in [6, 6.07) is 18.5. The van der Waals surface area contributed by atoms with Crippen LogP contribution in [0.25, 0.3) is 0 Å². The average Bonchev–Trinajstić information content (AvgIpc) is 2.84. The van der Waals surface area contributed by atoms with Crippen LogP contribution in [0.15, 0.2) is 54.6 Å². The number of likely N-dealkylation sites (N-methyl/N-ethyl adjacent to an activating group) is 1. The summed E-state index contributed by atoms with van der Waals surface area (Å²) in [5.41, 5.74) is 2.58. The van der Waals surface area contributed by atoms with Gasteiger partial charge in [-0.2, -0.15) is 0 Å². The van der Waals surface area contributed by atoms with Gasteiger partial charge in [-0.1, -0.05) is 88.4 Å². The van der Waals surface area contributed by atoms with Crippen LogP contribution < -0.4 is 4.74 Å². The van der Waals surface area contributed by atoms with Crippen LogP contribution in [-0.2, 0) is 22.5 Å². The predicted octanol–water partition coefficient (Wildman–Crippen LogP) is 7.35. The molecule has 0 fully saturated rings. The van der Waals surface area contributed by atoms with Crippen LogP contribution in [0, 0.1) is 0 Å². The van der Waals surface area contributed by atoms with Crippen LogP contribution >= 0.6 is 0 Å². The maximum atomic E-state index is 13.1. The van der Waals surface area contributed by atoms with Crippen LogP contribution in [0.2, 0.25) is 0 Å². The lowest BCUT2D eigenvalue weighted by Crippen LogP contribution is -2.53. The topological polar surface area (TPSA) is 35.5 Å². The van der Waals surface area contributed by atoms with Crippen molar-refractivity contribution in [3.8, 4) is 5.75 Å². The number of rotatable bonds is 17. The first-order chi connectivity index (χ1) is 16.9. The number of aryl methyl sites for hydroxylation is 1. The van der Waals surface area contributed by atoms with Crippen molar-refractivity contribution in [2.24, 2.45) is 0 Å². The smallest absolute Gasteiger partial charge is 0.365 e. The third kappa shape index (κ3) is 10.9. The third-order valence-electron chi connectivity index (χ3n) is 6.65. The summed E-state index contributed by atoms with van der Waals surface area (Å²) >= 11 is 0. The summed E-state index contributed by atoms with van der Waals surface area (Å²) in [6.07, 6.45) is 10.6. The van der Waals surface area contributed by atoms with Gasteiger partial charge in [-0.25, -0.2) is 4.79 Å². The Labute approximate surface area is 214 Å². The summed E-state index contributed by atoms with van der Waals surface area (Å²) in [4.78, 5) is 13.1. The summed E-state index contributed by atoms with van der Waals surface area (Å²) in [5.74, 6) is 0.683. The van der Waals surface area contributed by atoms with Gasteiger partial charge in [-0.05, 0) is 43.9 Å². The Morgan fingerprint density at radius 1 is 0.829 bits per heavy atom. The second kappa shape index (κ2) is 15.6. The zero-order chi connectivity index (χ0) is 25.5. The van der Waals surface area contributed by atoms with Gasteiger partial charge in [0.25, 0.3) is 0 Å². The Bertz CT molecular complexity index is 832. The molecule has 2 rings (SSSR count). The quantitative estimate of drug-likeness (QED) is 0.134. The van der Waals surface area contributed by atoms with Gasteiger partial charge in [-0.15, -0.1) is 0 Å². The lowest BCUT2D eigenvalue weighted by atomic mass is 10.0. The van der Waals surface area contributed by atoms with E-state index in [2.05, 4.69) is 52.2 Å². The second-order valence-corrected chi connectivity index (χ2v) is 10.4. The maximum absolute atomic E-state index is 13.1. The van der Waals surface area contributed by atoms with Crippen LogP contribution in [-0.4, -0.2) is 43.3 Å². The number of carbonyl (C=O) groups excluding carboxylic acids is 1. The molecule has 4 heteroatoms. The molecule has 2 atom stereocenters. The normalized spacial score (nSPS) is 13.3. The molecule has 0 saturated carbocycles. The predicted molar refractivity (Wildman–Crippen MR) is 146 cm³/mol. The molecule has 0 amide bonds. The Morgan fingerprint density at radius 2 is 1.49 bits per heavy atom. The first kappa shape index (κ1) is 28.9. The van der Waals surface area contributed by atoms with Crippen molar-refractivity contribution >= 4 is 5.97 Å². The SMILES string of the molecule is CCCCCCCCc1ccc(OC(C)COC(=O)C(CCC)[N+](C)(C)Cc2ccccc2)cc1. The van der Waals surface area contributed by atoms with Crippen molar-refractivity contribution < 1.29 is 18.8 Å². The highest BCUT2D eigenvalue weighted by molar-refractivity contribution is 5.74. The Kier molecular flexibility index (Phi) is 12.9. The molecule has 194 valence electrons. The van der Waals surface area contributed by atoms with Crippen molar-refractivity contribution in [2.45, 2.75) is 97.2 Å². The van der Waals surface area contributed by atoms with Gasteiger partial charge in [0.1, 0.15) is 25.0 Å². The molecule has 0 saturated heterocycles. The molecule has 0 bridgehead atoms. The number of esters is 1. The molecule has 2 unspecified atom stereocenters. The van der Waals surface area contributed by atoms with Crippen molar-refractivity contribution in [1.29, 1.82) is 0 Å². The molecule has 4 nitrogen and oxygen atoms in total. The number of hydrogen-bond donors (Lipinski definition) is 0. The molecule has 0 N–H and O–H groups in total. The monoisotopic (exact) mass is 482 g/mol. The zero-order valence-electron chi connectivity index (χ0n) is 22.8.